The number of hydrogen-bond donors (Lipinski definition) is 0. The predicted molar refractivity (Wildman–Crippen MR) is 126 cm³/mol. The van der Waals surface area contributed by atoms with Crippen LogP contribution in [0.25, 0.3) is 33.4 Å². The van der Waals surface area contributed by atoms with Gasteiger partial charge in [-0.15, -0.1) is 0 Å². The zero-order chi connectivity index (χ0) is 20.2. The molecule has 4 aromatic carbocycles. The fraction of sp³-hybridized carbons (Fsp3) is 0. The van der Waals surface area contributed by atoms with Crippen molar-refractivity contribution >= 4 is 45.1 Å². The second-order valence-electron chi connectivity index (χ2n) is 6.74. The quantitative estimate of drug-likeness (QED) is 0.288. The molecule has 0 atom stereocenters. The molecule has 5 heteroatoms. The minimum atomic E-state index is 0. The Labute approximate surface area is 197 Å². The number of para-hydroxylation sites is 6. The number of nitrogens with zero attached hydrogens (tertiary/aromatic N) is 4. The van der Waals surface area contributed by atoms with Crippen molar-refractivity contribution in [3.8, 4) is 11.4 Å². The number of hydrogen-bond acceptors (Lipinski definition) is 2. The maximum absolute atomic E-state index is 4.23. The molecule has 0 fully saturated rings. The van der Waals surface area contributed by atoms with Gasteiger partial charge >= 0.3 is 23.1 Å². The number of aromatic nitrogens is 4. The van der Waals surface area contributed by atoms with Crippen LogP contribution in [0.15, 0.2) is 109 Å². The van der Waals surface area contributed by atoms with Crippen LogP contribution in [0.4, 0.5) is 0 Å². The van der Waals surface area contributed by atoms with Gasteiger partial charge in [0.1, 0.15) is 0 Å². The molecule has 0 unspecified atom stereocenters. The average molecular weight is 411 g/mol. The first-order valence-corrected chi connectivity index (χ1v) is 9.71. The molecule has 0 aliphatic rings. The summed E-state index contributed by atoms with van der Waals surface area (Å²) in [5, 5.41) is 0. The molecule has 0 aliphatic heterocycles. The van der Waals surface area contributed by atoms with E-state index in [1.54, 1.807) is 0 Å². The van der Waals surface area contributed by atoms with Crippen LogP contribution in [-0.4, -0.2) is 42.2 Å². The first-order chi connectivity index (χ1) is 14.9. The van der Waals surface area contributed by atoms with Crippen molar-refractivity contribution in [2.75, 3.05) is 0 Å². The van der Waals surface area contributed by atoms with Crippen molar-refractivity contribution < 1.29 is 0 Å². The number of fused-ring (bicyclic) bond motifs is 2. The van der Waals surface area contributed by atoms with Crippen LogP contribution in [0.1, 0.15) is 0 Å². The Bertz CT molecular complexity index is 1280. The zero-order valence-electron chi connectivity index (χ0n) is 16.9. The number of imidazole rings is 2. The monoisotopic (exact) mass is 410 g/mol. The summed E-state index contributed by atoms with van der Waals surface area (Å²) < 4.78 is 3.94. The maximum Gasteiger partial charge on any atom is 2.00 e. The van der Waals surface area contributed by atoms with E-state index in [0.717, 1.165) is 33.4 Å². The summed E-state index contributed by atoms with van der Waals surface area (Å²) in [6.07, 6.45) is 5.99. The summed E-state index contributed by atoms with van der Waals surface area (Å²) in [6, 6.07) is 36.3. The SMILES string of the molecule is [Mg+2].[c-]1nc2ccccc2n1-c1ccccc1.[c-]1nc2ccccc2n1-c1ccccc1. The molecule has 144 valence electrons. The van der Waals surface area contributed by atoms with Gasteiger partial charge in [-0.3, -0.25) is 0 Å². The molecule has 0 saturated carbocycles. The smallest absolute Gasteiger partial charge is 0.426 e. The predicted octanol–water partition coefficient (Wildman–Crippen LogP) is 5.27. The van der Waals surface area contributed by atoms with Crippen molar-refractivity contribution in [3.05, 3.63) is 122 Å². The molecule has 6 aromatic rings. The average Bonchev–Trinajstić information content (AvgIpc) is 3.45. The minimum Gasteiger partial charge on any atom is -0.426 e. The third-order valence-corrected chi connectivity index (χ3v) is 4.81. The van der Waals surface area contributed by atoms with E-state index in [0.29, 0.717) is 0 Å². The zero-order valence-corrected chi connectivity index (χ0v) is 18.3. The van der Waals surface area contributed by atoms with Crippen LogP contribution in [-0.2, 0) is 0 Å². The molecule has 0 amide bonds. The van der Waals surface area contributed by atoms with E-state index >= 15 is 0 Å². The summed E-state index contributed by atoms with van der Waals surface area (Å²) in [4.78, 5) is 8.47. The van der Waals surface area contributed by atoms with E-state index in [-0.39, 0.29) is 23.1 Å². The Balaban J connectivity index is 0.000000144. The van der Waals surface area contributed by atoms with Crippen LogP contribution in [0.2, 0.25) is 0 Å². The molecular formula is C26H18MgN4. The van der Waals surface area contributed by atoms with Crippen LogP contribution in [0.3, 0.4) is 0 Å². The van der Waals surface area contributed by atoms with Crippen LogP contribution >= 0.6 is 0 Å². The van der Waals surface area contributed by atoms with Gasteiger partial charge in [-0.05, 0) is 22.4 Å². The topological polar surface area (TPSA) is 35.6 Å². The van der Waals surface area contributed by atoms with Gasteiger partial charge in [0, 0.05) is 12.7 Å². The van der Waals surface area contributed by atoms with Gasteiger partial charge < -0.3 is 19.1 Å². The molecule has 0 bridgehead atoms. The van der Waals surface area contributed by atoms with Crippen molar-refractivity contribution in [3.63, 3.8) is 0 Å². The van der Waals surface area contributed by atoms with E-state index in [4.69, 9.17) is 0 Å². The summed E-state index contributed by atoms with van der Waals surface area (Å²) in [5.74, 6) is 0. The molecule has 31 heavy (non-hydrogen) atoms. The maximum atomic E-state index is 4.23. The van der Waals surface area contributed by atoms with Crippen LogP contribution in [0, 0.1) is 12.7 Å². The fourth-order valence-corrected chi connectivity index (χ4v) is 3.36. The molecule has 4 nitrogen and oxygen atoms in total. The number of benzene rings is 4. The molecule has 0 N–H and O–H groups in total. The van der Waals surface area contributed by atoms with E-state index < -0.39 is 0 Å². The van der Waals surface area contributed by atoms with Crippen LogP contribution < -0.4 is 0 Å². The second-order valence-corrected chi connectivity index (χ2v) is 6.74. The Hall–Kier alpha value is -3.41. The molecule has 6 rings (SSSR count). The normalized spacial score (nSPS) is 10.3. The Morgan fingerprint density at radius 3 is 1.23 bits per heavy atom. The molecule has 0 aliphatic carbocycles. The summed E-state index contributed by atoms with van der Waals surface area (Å²) in [6.45, 7) is 0. The van der Waals surface area contributed by atoms with Gasteiger partial charge in [0.2, 0.25) is 0 Å². The fourth-order valence-electron chi connectivity index (χ4n) is 3.36. The van der Waals surface area contributed by atoms with Gasteiger partial charge in [0.15, 0.2) is 0 Å². The standard InChI is InChI=1S/2C13H9N2.Mg/c2*1-2-6-11(7-3-1)15-10-14-12-8-4-5-9-13(12)15;/h2*1-9H;/q2*-1;+2. The molecule has 0 saturated heterocycles. The van der Waals surface area contributed by atoms with Gasteiger partial charge in [0.25, 0.3) is 0 Å². The Morgan fingerprint density at radius 2 is 0.806 bits per heavy atom. The first-order valence-electron chi connectivity index (χ1n) is 9.71. The summed E-state index contributed by atoms with van der Waals surface area (Å²) >= 11 is 0. The van der Waals surface area contributed by atoms with E-state index in [1.165, 1.54) is 0 Å². The molecule has 2 aromatic heterocycles. The van der Waals surface area contributed by atoms with E-state index in [2.05, 4.69) is 22.6 Å². The van der Waals surface area contributed by atoms with Gasteiger partial charge in [-0.1, -0.05) is 120 Å². The van der Waals surface area contributed by atoms with Crippen molar-refractivity contribution in [2.24, 2.45) is 0 Å². The van der Waals surface area contributed by atoms with Gasteiger partial charge in [-0.2, -0.15) is 0 Å². The number of rotatable bonds is 2. The largest absolute Gasteiger partial charge is 2.00 e. The Kier molecular flexibility index (Phi) is 6.45. The first kappa shape index (κ1) is 20.8. The molecule has 0 radical (unpaired) electrons. The van der Waals surface area contributed by atoms with E-state index in [9.17, 15) is 0 Å². The molecule has 2 heterocycles. The van der Waals surface area contributed by atoms with Crippen molar-refractivity contribution in [1.29, 1.82) is 0 Å². The molecular weight excluding hydrogens is 393 g/mol. The summed E-state index contributed by atoms with van der Waals surface area (Å²) in [7, 11) is 0. The van der Waals surface area contributed by atoms with Crippen molar-refractivity contribution in [2.45, 2.75) is 0 Å². The minimum absolute atomic E-state index is 0. The third-order valence-electron chi connectivity index (χ3n) is 4.81. The second kappa shape index (κ2) is 9.60. The van der Waals surface area contributed by atoms with Crippen LogP contribution in [0.5, 0.6) is 0 Å². The van der Waals surface area contributed by atoms with E-state index in [1.807, 2.05) is 118 Å². The Morgan fingerprint density at radius 1 is 0.452 bits per heavy atom. The van der Waals surface area contributed by atoms with Crippen molar-refractivity contribution in [1.82, 2.24) is 19.1 Å². The molecule has 0 spiro atoms. The third kappa shape index (κ3) is 4.38. The summed E-state index contributed by atoms with van der Waals surface area (Å²) in [5.41, 5.74) is 6.30. The van der Waals surface area contributed by atoms with Gasteiger partial charge in [0.05, 0.1) is 0 Å². The van der Waals surface area contributed by atoms with Gasteiger partial charge in [-0.25, -0.2) is 0 Å².